The topological polar surface area (TPSA) is 68.0 Å². The first-order valence-electron chi connectivity index (χ1n) is 6.93. The predicted molar refractivity (Wildman–Crippen MR) is 82.6 cm³/mol. The summed E-state index contributed by atoms with van der Waals surface area (Å²) in [5.74, 6) is 0.0645. The van der Waals surface area contributed by atoms with Gasteiger partial charge in [-0.25, -0.2) is 0 Å². The van der Waals surface area contributed by atoms with Gasteiger partial charge in [0.15, 0.2) is 5.16 Å². The highest BCUT2D eigenvalue weighted by atomic mass is 32.2. The Morgan fingerprint density at radius 2 is 2.10 bits per heavy atom. The van der Waals surface area contributed by atoms with Gasteiger partial charge in [0.1, 0.15) is 5.82 Å². The second kappa shape index (κ2) is 7.26. The average Bonchev–Trinajstić information content (AvgIpc) is 2.86. The van der Waals surface area contributed by atoms with Crippen molar-refractivity contribution in [2.75, 3.05) is 5.75 Å². The molecule has 0 amide bonds. The molecule has 0 aliphatic carbocycles. The van der Waals surface area contributed by atoms with Crippen molar-refractivity contribution < 1.29 is 9.90 Å². The maximum absolute atomic E-state index is 10.7. The van der Waals surface area contributed by atoms with E-state index in [-0.39, 0.29) is 5.75 Å². The van der Waals surface area contributed by atoms with Gasteiger partial charge in [0.05, 0.1) is 5.75 Å². The van der Waals surface area contributed by atoms with Crippen molar-refractivity contribution in [1.82, 2.24) is 14.8 Å². The van der Waals surface area contributed by atoms with E-state index in [1.54, 1.807) is 0 Å². The molecule has 1 aromatic carbocycles. The van der Waals surface area contributed by atoms with Crippen LogP contribution in [0.1, 0.15) is 23.9 Å². The van der Waals surface area contributed by atoms with Gasteiger partial charge in [-0.3, -0.25) is 4.79 Å². The zero-order valence-corrected chi connectivity index (χ0v) is 13.1. The van der Waals surface area contributed by atoms with Gasteiger partial charge in [0.25, 0.3) is 0 Å². The van der Waals surface area contributed by atoms with Gasteiger partial charge in [-0.15, -0.1) is 10.2 Å². The molecule has 0 atom stereocenters. The molecule has 0 unspecified atom stereocenters. The van der Waals surface area contributed by atoms with E-state index in [2.05, 4.69) is 29.3 Å². The quantitative estimate of drug-likeness (QED) is 0.796. The summed E-state index contributed by atoms with van der Waals surface area (Å²) in [4.78, 5) is 10.7. The lowest BCUT2D eigenvalue weighted by Gasteiger charge is -2.10. The molecule has 0 bridgehead atoms. The third kappa shape index (κ3) is 4.07. The molecule has 0 saturated carbocycles. The first-order valence-corrected chi connectivity index (χ1v) is 7.91. The van der Waals surface area contributed by atoms with Crippen LogP contribution < -0.4 is 0 Å². The van der Waals surface area contributed by atoms with E-state index in [4.69, 9.17) is 5.11 Å². The van der Waals surface area contributed by atoms with E-state index >= 15 is 0 Å². The molecule has 0 saturated heterocycles. The van der Waals surface area contributed by atoms with Crippen molar-refractivity contribution in [3.63, 3.8) is 0 Å². The largest absolute Gasteiger partial charge is 0.481 e. The van der Waals surface area contributed by atoms with Gasteiger partial charge in [0, 0.05) is 13.0 Å². The highest BCUT2D eigenvalue weighted by molar-refractivity contribution is 7.99. The number of carbonyl (C=O) groups is 1. The van der Waals surface area contributed by atoms with E-state index in [1.165, 1.54) is 22.9 Å². The molecule has 2 aromatic rings. The normalized spacial score (nSPS) is 10.8. The number of benzene rings is 1. The number of rotatable bonds is 7. The Labute approximate surface area is 128 Å². The summed E-state index contributed by atoms with van der Waals surface area (Å²) in [5.41, 5.74) is 2.56. The summed E-state index contributed by atoms with van der Waals surface area (Å²) < 4.78 is 2.03. The molecule has 1 N–H and O–H groups in total. The van der Waals surface area contributed by atoms with E-state index in [1.807, 2.05) is 23.6 Å². The molecule has 1 heterocycles. The van der Waals surface area contributed by atoms with Crippen LogP contribution in [-0.2, 0) is 24.2 Å². The minimum Gasteiger partial charge on any atom is -0.481 e. The summed E-state index contributed by atoms with van der Waals surface area (Å²) in [6.45, 7) is 4.89. The number of aryl methyl sites for hydroxylation is 3. The summed E-state index contributed by atoms with van der Waals surface area (Å²) in [7, 11) is 0. The smallest absolute Gasteiger partial charge is 0.313 e. The number of nitrogens with zero attached hydrogens (tertiary/aromatic N) is 3. The molecular formula is C15H19N3O2S. The first kappa shape index (κ1) is 15.6. The molecule has 21 heavy (non-hydrogen) atoms. The first-order chi connectivity index (χ1) is 10.1. The Kier molecular flexibility index (Phi) is 5.38. The summed E-state index contributed by atoms with van der Waals surface area (Å²) >= 11 is 1.22. The molecule has 6 heteroatoms. The van der Waals surface area contributed by atoms with Crippen LogP contribution in [-0.4, -0.2) is 31.6 Å². The third-order valence-electron chi connectivity index (χ3n) is 3.30. The Balaban J connectivity index is 2.12. The zero-order chi connectivity index (χ0) is 15.2. The van der Waals surface area contributed by atoms with Crippen molar-refractivity contribution >= 4 is 17.7 Å². The van der Waals surface area contributed by atoms with Crippen LogP contribution in [0.2, 0.25) is 0 Å². The van der Waals surface area contributed by atoms with Gasteiger partial charge in [-0.05, 0) is 24.5 Å². The molecule has 0 aliphatic rings. The molecule has 0 spiro atoms. The molecule has 0 aliphatic heterocycles. The molecule has 2 rings (SSSR count). The van der Waals surface area contributed by atoms with Gasteiger partial charge < -0.3 is 9.67 Å². The highest BCUT2D eigenvalue weighted by Crippen LogP contribution is 2.18. The molecule has 1 aromatic heterocycles. The lowest BCUT2D eigenvalue weighted by atomic mass is 10.1. The number of hydrogen-bond donors (Lipinski definition) is 1. The van der Waals surface area contributed by atoms with Crippen LogP contribution in [0.4, 0.5) is 0 Å². The Bertz CT molecular complexity index is 625. The van der Waals surface area contributed by atoms with Gasteiger partial charge in [-0.1, -0.05) is 43.0 Å². The van der Waals surface area contributed by atoms with E-state index in [0.717, 1.165) is 25.2 Å². The molecule has 5 nitrogen and oxygen atoms in total. The lowest BCUT2D eigenvalue weighted by molar-refractivity contribution is -0.133. The molecular weight excluding hydrogens is 286 g/mol. The minimum atomic E-state index is -0.841. The fourth-order valence-electron chi connectivity index (χ4n) is 2.16. The van der Waals surface area contributed by atoms with Gasteiger partial charge in [-0.2, -0.15) is 0 Å². The summed E-state index contributed by atoms with van der Waals surface area (Å²) in [6.07, 6.45) is 1.67. The molecule has 0 fully saturated rings. The number of thioether (sulfide) groups is 1. The molecule has 112 valence electrons. The number of carboxylic acids is 1. The summed E-state index contributed by atoms with van der Waals surface area (Å²) in [5, 5.41) is 17.7. The minimum absolute atomic E-state index is 0.00616. The standard InChI is InChI=1S/C15H19N3O2S/c1-3-13-16-17-15(21-10-14(19)20)18(13)9-8-12-7-5-4-6-11(12)2/h4-7H,3,8-10H2,1-2H3,(H,19,20). The highest BCUT2D eigenvalue weighted by Gasteiger charge is 2.13. The maximum Gasteiger partial charge on any atom is 0.313 e. The Hall–Kier alpha value is -1.82. The van der Waals surface area contributed by atoms with E-state index in [9.17, 15) is 4.79 Å². The van der Waals surface area contributed by atoms with Crippen LogP contribution >= 0.6 is 11.8 Å². The number of hydrogen-bond acceptors (Lipinski definition) is 4. The van der Waals surface area contributed by atoms with Crippen LogP contribution in [0.3, 0.4) is 0 Å². The number of aliphatic carboxylic acids is 1. The predicted octanol–water partition coefficient (Wildman–Crippen LogP) is 2.57. The average molecular weight is 305 g/mol. The van der Waals surface area contributed by atoms with Gasteiger partial charge in [0.2, 0.25) is 0 Å². The Morgan fingerprint density at radius 1 is 1.33 bits per heavy atom. The molecule has 0 radical (unpaired) electrons. The van der Waals surface area contributed by atoms with E-state index < -0.39 is 5.97 Å². The third-order valence-corrected chi connectivity index (χ3v) is 4.25. The number of aromatic nitrogens is 3. The van der Waals surface area contributed by atoms with Crippen molar-refractivity contribution in [2.24, 2.45) is 0 Å². The second-order valence-corrected chi connectivity index (χ2v) is 5.71. The fourth-order valence-corrected chi connectivity index (χ4v) is 2.86. The maximum atomic E-state index is 10.7. The second-order valence-electron chi connectivity index (χ2n) is 4.76. The number of carboxylic acid groups (broad SMARTS) is 1. The van der Waals surface area contributed by atoms with E-state index in [0.29, 0.717) is 5.16 Å². The lowest BCUT2D eigenvalue weighted by Crippen LogP contribution is -2.09. The zero-order valence-electron chi connectivity index (χ0n) is 12.2. The monoisotopic (exact) mass is 305 g/mol. The van der Waals surface area contributed by atoms with Crippen molar-refractivity contribution in [3.05, 3.63) is 41.2 Å². The van der Waals surface area contributed by atoms with Crippen molar-refractivity contribution in [2.45, 2.75) is 38.4 Å². The van der Waals surface area contributed by atoms with Crippen molar-refractivity contribution in [1.29, 1.82) is 0 Å². The Morgan fingerprint density at radius 3 is 2.76 bits per heavy atom. The van der Waals surface area contributed by atoms with Crippen LogP contribution in [0, 0.1) is 6.92 Å². The van der Waals surface area contributed by atoms with Crippen LogP contribution in [0.5, 0.6) is 0 Å². The SMILES string of the molecule is CCc1nnc(SCC(=O)O)n1CCc1ccccc1C. The van der Waals surface area contributed by atoms with Crippen molar-refractivity contribution in [3.8, 4) is 0 Å². The van der Waals surface area contributed by atoms with Crippen LogP contribution in [0.25, 0.3) is 0 Å². The van der Waals surface area contributed by atoms with Crippen LogP contribution in [0.15, 0.2) is 29.4 Å². The summed E-state index contributed by atoms with van der Waals surface area (Å²) in [6, 6.07) is 8.29. The fraction of sp³-hybridized carbons (Fsp3) is 0.400. The van der Waals surface area contributed by atoms with Gasteiger partial charge >= 0.3 is 5.97 Å².